The molecule has 0 heterocycles. The van der Waals surface area contributed by atoms with E-state index in [0.717, 1.165) is 0 Å². The van der Waals surface area contributed by atoms with E-state index >= 15 is 0 Å². The topological polar surface area (TPSA) is 0 Å². The Morgan fingerprint density at radius 1 is 1.40 bits per heavy atom. The van der Waals surface area contributed by atoms with Crippen LogP contribution in [-0.2, 0) is 0 Å². The van der Waals surface area contributed by atoms with Gasteiger partial charge in [0.15, 0.2) is 0 Å². The molecule has 0 aromatic carbocycles. The Labute approximate surface area is 64.6 Å². The van der Waals surface area contributed by atoms with Crippen LogP contribution in [0.2, 0.25) is 0 Å². The second-order valence-corrected chi connectivity index (χ2v) is 3.33. The molecular formula is C10H18. The molecule has 0 rings (SSSR count). The highest BCUT2D eigenvalue weighted by Gasteiger charge is 2.10. The molecule has 0 spiro atoms. The van der Waals surface area contributed by atoms with Crippen LogP contribution >= 0.6 is 0 Å². The number of hydrogen-bond donors (Lipinski definition) is 0. The van der Waals surface area contributed by atoms with E-state index in [9.17, 15) is 0 Å². The molecule has 0 heteroatoms. The molecule has 0 unspecified atom stereocenters. The Hall–Kier alpha value is -0.520. The van der Waals surface area contributed by atoms with Gasteiger partial charge in [0.25, 0.3) is 0 Å². The second-order valence-electron chi connectivity index (χ2n) is 3.33. The van der Waals surface area contributed by atoms with Gasteiger partial charge in [-0.15, -0.1) is 0 Å². The van der Waals surface area contributed by atoms with E-state index in [4.69, 9.17) is 0 Å². The van der Waals surface area contributed by atoms with Crippen molar-refractivity contribution < 1.29 is 0 Å². The van der Waals surface area contributed by atoms with E-state index in [2.05, 4.69) is 33.4 Å². The van der Waals surface area contributed by atoms with Gasteiger partial charge >= 0.3 is 0 Å². The largest absolute Gasteiger partial charge is 0.0991 e. The van der Waals surface area contributed by atoms with Gasteiger partial charge in [-0.25, -0.2) is 0 Å². The van der Waals surface area contributed by atoms with Gasteiger partial charge < -0.3 is 0 Å². The predicted octanol–water partition coefficient (Wildman–Crippen LogP) is 3.55. The zero-order valence-corrected chi connectivity index (χ0v) is 7.35. The second kappa shape index (κ2) is 4.32. The normalized spacial score (nSPS) is 12.3. The molecule has 0 N–H and O–H groups in total. The summed E-state index contributed by atoms with van der Waals surface area (Å²) in [6.07, 6.45) is 8.56. The molecule has 58 valence electrons. The third-order valence-corrected chi connectivity index (χ3v) is 1.58. The van der Waals surface area contributed by atoms with Crippen LogP contribution in [-0.4, -0.2) is 0 Å². The molecule has 0 amide bonds. The number of rotatable bonds is 4. The molecule has 0 aliphatic rings. The Morgan fingerprint density at radius 2 is 2.00 bits per heavy atom. The lowest BCUT2D eigenvalue weighted by Crippen LogP contribution is -2.05. The quantitative estimate of drug-likeness (QED) is 0.521. The maximum Gasteiger partial charge on any atom is -0.0172 e. The molecule has 0 saturated carbocycles. The molecule has 0 aromatic heterocycles. The molecule has 0 atom stereocenters. The first-order valence-corrected chi connectivity index (χ1v) is 3.92. The van der Waals surface area contributed by atoms with Crippen molar-refractivity contribution in [2.24, 2.45) is 5.41 Å². The smallest absolute Gasteiger partial charge is 0.0172 e. The number of allylic oxidation sites excluding steroid dienone is 3. The van der Waals surface area contributed by atoms with Crippen LogP contribution in [0.15, 0.2) is 24.8 Å². The summed E-state index contributed by atoms with van der Waals surface area (Å²) in [6.45, 7) is 10.3. The van der Waals surface area contributed by atoms with Gasteiger partial charge in [-0.2, -0.15) is 0 Å². The fourth-order valence-electron chi connectivity index (χ4n) is 1.06. The van der Waals surface area contributed by atoms with Crippen molar-refractivity contribution in [2.45, 2.75) is 33.6 Å². The molecule has 0 aromatic rings. The van der Waals surface area contributed by atoms with Gasteiger partial charge in [-0.05, 0) is 11.8 Å². The maximum atomic E-state index is 3.64. The van der Waals surface area contributed by atoms with E-state index in [1.165, 1.54) is 12.8 Å². The van der Waals surface area contributed by atoms with Crippen LogP contribution in [0.5, 0.6) is 0 Å². The molecular weight excluding hydrogens is 120 g/mol. The third-order valence-electron chi connectivity index (χ3n) is 1.58. The summed E-state index contributed by atoms with van der Waals surface area (Å²) < 4.78 is 0. The fourth-order valence-corrected chi connectivity index (χ4v) is 1.06. The van der Waals surface area contributed by atoms with E-state index in [1.807, 2.05) is 12.2 Å². The Morgan fingerprint density at radius 3 is 2.40 bits per heavy atom. The minimum atomic E-state index is 0.350. The molecule has 0 bridgehead atoms. The first-order valence-electron chi connectivity index (χ1n) is 3.92. The zero-order chi connectivity index (χ0) is 8.04. The monoisotopic (exact) mass is 138 g/mol. The molecule has 10 heavy (non-hydrogen) atoms. The van der Waals surface area contributed by atoms with Crippen LogP contribution in [0.1, 0.15) is 33.6 Å². The van der Waals surface area contributed by atoms with Gasteiger partial charge in [0, 0.05) is 0 Å². The summed E-state index contributed by atoms with van der Waals surface area (Å²) in [5.41, 5.74) is 0.350. The number of hydrogen-bond acceptors (Lipinski definition) is 0. The van der Waals surface area contributed by atoms with Gasteiger partial charge in [-0.1, -0.05) is 52.0 Å². The SMILES string of the molecule is C=C/C=C/C(C)(C)CCC. The lowest BCUT2D eigenvalue weighted by molar-refractivity contribution is 0.432. The van der Waals surface area contributed by atoms with E-state index in [0.29, 0.717) is 5.41 Å². The zero-order valence-electron chi connectivity index (χ0n) is 7.35. The van der Waals surface area contributed by atoms with Crippen molar-refractivity contribution in [2.75, 3.05) is 0 Å². The van der Waals surface area contributed by atoms with Crippen molar-refractivity contribution >= 4 is 0 Å². The van der Waals surface area contributed by atoms with Gasteiger partial charge in [0.1, 0.15) is 0 Å². The molecule has 0 aliphatic heterocycles. The highest BCUT2D eigenvalue weighted by atomic mass is 14.2. The van der Waals surface area contributed by atoms with Crippen LogP contribution in [0, 0.1) is 5.41 Å². The summed E-state index contributed by atoms with van der Waals surface area (Å²) in [5, 5.41) is 0. The summed E-state index contributed by atoms with van der Waals surface area (Å²) in [4.78, 5) is 0. The van der Waals surface area contributed by atoms with E-state index < -0.39 is 0 Å². The van der Waals surface area contributed by atoms with Gasteiger partial charge in [0.2, 0.25) is 0 Å². The lowest BCUT2D eigenvalue weighted by Gasteiger charge is -2.18. The summed E-state index contributed by atoms with van der Waals surface area (Å²) >= 11 is 0. The average Bonchev–Trinajstić information content (AvgIpc) is 1.84. The maximum absolute atomic E-state index is 3.64. The minimum Gasteiger partial charge on any atom is -0.0991 e. The van der Waals surface area contributed by atoms with Crippen molar-refractivity contribution in [3.8, 4) is 0 Å². The van der Waals surface area contributed by atoms with Crippen molar-refractivity contribution in [1.82, 2.24) is 0 Å². The van der Waals surface area contributed by atoms with Crippen LogP contribution in [0.25, 0.3) is 0 Å². The van der Waals surface area contributed by atoms with Crippen molar-refractivity contribution in [1.29, 1.82) is 0 Å². The highest BCUT2D eigenvalue weighted by Crippen LogP contribution is 2.23. The van der Waals surface area contributed by atoms with Gasteiger partial charge in [-0.3, -0.25) is 0 Å². The first-order chi connectivity index (χ1) is 4.62. The van der Waals surface area contributed by atoms with Gasteiger partial charge in [0.05, 0.1) is 0 Å². The summed E-state index contributed by atoms with van der Waals surface area (Å²) in [7, 11) is 0. The fraction of sp³-hybridized carbons (Fsp3) is 0.600. The predicted molar refractivity (Wildman–Crippen MR) is 48.0 cm³/mol. The van der Waals surface area contributed by atoms with Crippen LogP contribution < -0.4 is 0 Å². The van der Waals surface area contributed by atoms with Crippen molar-refractivity contribution in [3.63, 3.8) is 0 Å². The molecule has 0 fully saturated rings. The Kier molecular flexibility index (Phi) is 4.10. The van der Waals surface area contributed by atoms with Crippen LogP contribution in [0.4, 0.5) is 0 Å². The summed E-state index contributed by atoms with van der Waals surface area (Å²) in [5.74, 6) is 0. The van der Waals surface area contributed by atoms with E-state index in [-0.39, 0.29) is 0 Å². The average molecular weight is 138 g/mol. The van der Waals surface area contributed by atoms with E-state index in [1.54, 1.807) is 0 Å². The standard InChI is InChI=1S/C10H18/c1-5-7-9-10(3,4)8-6-2/h5,7,9H,1,6,8H2,2-4H3/b9-7+. The Bertz CT molecular complexity index is 118. The first kappa shape index (κ1) is 9.48. The highest BCUT2D eigenvalue weighted by molar-refractivity contribution is 5.03. The molecule has 0 nitrogen and oxygen atoms in total. The molecule has 0 aliphatic carbocycles. The Balaban J connectivity index is 3.84. The van der Waals surface area contributed by atoms with Crippen LogP contribution in [0.3, 0.4) is 0 Å². The lowest BCUT2D eigenvalue weighted by atomic mass is 9.88. The van der Waals surface area contributed by atoms with Crippen molar-refractivity contribution in [3.05, 3.63) is 24.8 Å². The minimum absolute atomic E-state index is 0.350. The molecule has 0 saturated heterocycles. The third kappa shape index (κ3) is 4.37. The summed E-state index contributed by atoms with van der Waals surface area (Å²) in [6, 6.07) is 0. The molecule has 0 radical (unpaired) electrons.